The van der Waals surface area contributed by atoms with Crippen LogP contribution in [0.3, 0.4) is 0 Å². The van der Waals surface area contributed by atoms with Gasteiger partial charge in [-0.1, -0.05) is 13.3 Å². The minimum atomic E-state index is -3.68. The molecule has 0 bridgehead atoms. The van der Waals surface area contributed by atoms with Crippen LogP contribution in [0, 0.1) is 0 Å². The number of amides is 1. The van der Waals surface area contributed by atoms with E-state index in [4.69, 9.17) is 4.74 Å². The summed E-state index contributed by atoms with van der Waals surface area (Å²) in [7, 11) is -2.27. The van der Waals surface area contributed by atoms with E-state index < -0.39 is 10.0 Å². The first kappa shape index (κ1) is 16.8. The van der Waals surface area contributed by atoms with Crippen molar-refractivity contribution in [3.8, 4) is 5.75 Å². The second kappa shape index (κ2) is 7.11. The number of ether oxygens (including phenoxy) is 1. The molecule has 1 aromatic carbocycles. The van der Waals surface area contributed by atoms with E-state index in [1.54, 1.807) is 6.07 Å². The van der Waals surface area contributed by atoms with E-state index in [9.17, 15) is 13.2 Å². The first-order valence-electron chi connectivity index (χ1n) is 7.46. The van der Waals surface area contributed by atoms with Crippen molar-refractivity contribution in [3.63, 3.8) is 0 Å². The smallest absolute Gasteiger partial charge is 0.251 e. The van der Waals surface area contributed by atoms with Crippen LogP contribution in [0.1, 0.15) is 43.0 Å². The third kappa shape index (κ3) is 4.20. The number of unbranched alkanes of at least 4 members (excludes halogenated alkanes) is 1. The van der Waals surface area contributed by atoms with Crippen molar-refractivity contribution >= 4 is 15.9 Å². The van der Waals surface area contributed by atoms with Crippen molar-refractivity contribution in [1.82, 2.24) is 10.0 Å². The number of sulfonamides is 1. The van der Waals surface area contributed by atoms with Crippen molar-refractivity contribution in [3.05, 3.63) is 23.8 Å². The predicted octanol–water partition coefficient (Wildman–Crippen LogP) is 1.67. The average Bonchev–Trinajstić information content (AvgIpc) is 3.30. The van der Waals surface area contributed by atoms with Crippen LogP contribution in [-0.4, -0.2) is 34.0 Å². The van der Waals surface area contributed by atoms with E-state index in [0.29, 0.717) is 12.1 Å². The minimum absolute atomic E-state index is 0.00302. The summed E-state index contributed by atoms with van der Waals surface area (Å²) in [4.78, 5) is 12.1. The third-order valence-electron chi connectivity index (χ3n) is 3.43. The minimum Gasteiger partial charge on any atom is -0.495 e. The zero-order valence-electron chi connectivity index (χ0n) is 12.9. The zero-order valence-corrected chi connectivity index (χ0v) is 13.7. The fraction of sp³-hybridized carbons (Fsp3) is 0.533. The molecule has 0 heterocycles. The van der Waals surface area contributed by atoms with E-state index in [1.807, 2.05) is 6.92 Å². The molecule has 1 aromatic rings. The Kier molecular flexibility index (Phi) is 5.42. The molecular formula is C15H22N2O4S. The zero-order chi connectivity index (χ0) is 16.2. The molecule has 7 heteroatoms. The van der Waals surface area contributed by atoms with Crippen LogP contribution in [0.2, 0.25) is 0 Å². The predicted molar refractivity (Wildman–Crippen MR) is 83.6 cm³/mol. The maximum Gasteiger partial charge on any atom is 0.251 e. The standard InChI is InChI=1S/C15H22N2O4S/c1-3-4-9-16-15(18)11-5-8-13(21-2)14(10-11)22(19,20)17-12-6-7-12/h5,8,10,12,17H,3-4,6-7,9H2,1-2H3,(H,16,18). The van der Waals surface area contributed by atoms with Gasteiger partial charge in [0.15, 0.2) is 0 Å². The van der Waals surface area contributed by atoms with Gasteiger partial charge in [0.1, 0.15) is 10.6 Å². The lowest BCUT2D eigenvalue weighted by molar-refractivity contribution is 0.0953. The number of nitrogens with one attached hydrogen (secondary N) is 2. The maximum atomic E-state index is 12.4. The molecule has 2 rings (SSSR count). The second-order valence-electron chi connectivity index (χ2n) is 5.37. The first-order chi connectivity index (χ1) is 10.5. The molecule has 6 nitrogen and oxygen atoms in total. The fourth-order valence-corrected chi connectivity index (χ4v) is 3.49. The summed E-state index contributed by atoms with van der Waals surface area (Å²) in [5.74, 6) is -0.0442. The van der Waals surface area contributed by atoms with Gasteiger partial charge in [0.25, 0.3) is 5.91 Å². The number of hydrogen-bond donors (Lipinski definition) is 2. The number of benzene rings is 1. The SMILES string of the molecule is CCCCNC(=O)c1ccc(OC)c(S(=O)(=O)NC2CC2)c1. The molecule has 0 radical (unpaired) electrons. The van der Waals surface area contributed by atoms with Gasteiger partial charge in [-0.2, -0.15) is 0 Å². The summed E-state index contributed by atoms with van der Waals surface area (Å²) < 4.78 is 32.5. The summed E-state index contributed by atoms with van der Waals surface area (Å²) in [6.07, 6.45) is 3.56. The molecule has 0 aliphatic heterocycles. The summed E-state index contributed by atoms with van der Waals surface area (Å²) >= 11 is 0. The largest absolute Gasteiger partial charge is 0.495 e. The molecule has 0 unspecified atom stereocenters. The van der Waals surface area contributed by atoms with Gasteiger partial charge in [-0.3, -0.25) is 4.79 Å². The molecule has 22 heavy (non-hydrogen) atoms. The van der Waals surface area contributed by atoms with Crippen LogP contribution in [0.15, 0.2) is 23.1 Å². The Morgan fingerprint density at radius 1 is 1.36 bits per heavy atom. The Labute approximate surface area is 131 Å². The molecule has 1 amide bonds. The molecular weight excluding hydrogens is 304 g/mol. The number of carbonyl (C=O) groups is 1. The van der Waals surface area contributed by atoms with Gasteiger partial charge in [0.2, 0.25) is 10.0 Å². The first-order valence-corrected chi connectivity index (χ1v) is 8.95. The Balaban J connectivity index is 2.23. The van der Waals surface area contributed by atoms with Crippen molar-refractivity contribution in [2.24, 2.45) is 0 Å². The molecule has 0 saturated heterocycles. The number of hydrogen-bond acceptors (Lipinski definition) is 4. The Bertz CT molecular complexity index is 639. The van der Waals surface area contributed by atoms with Gasteiger partial charge in [0, 0.05) is 18.2 Å². The van der Waals surface area contributed by atoms with Crippen molar-refractivity contribution in [1.29, 1.82) is 0 Å². The molecule has 2 N–H and O–H groups in total. The summed E-state index contributed by atoms with van der Waals surface area (Å²) in [6.45, 7) is 2.61. The Morgan fingerprint density at radius 2 is 2.09 bits per heavy atom. The fourth-order valence-electron chi connectivity index (χ4n) is 1.99. The third-order valence-corrected chi connectivity index (χ3v) is 4.97. The quantitative estimate of drug-likeness (QED) is 0.712. The van der Waals surface area contributed by atoms with Crippen molar-refractivity contribution in [2.45, 2.75) is 43.5 Å². The van der Waals surface area contributed by atoms with E-state index in [-0.39, 0.29) is 22.6 Å². The Morgan fingerprint density at radius 3 is 2.68 bits per heavy atom. The lowest BCUT2D eigenvalue weighted by Crippen LogP contribution is -2.27. The van der Waals surface area contributed by atoms with Crippen LogP contribution in [-0.2, 0) is 10.0 Å². The molecule has 0 spiro atoms. The van der Waals surface area contributed by atoms with E-state index in [1.165, 1.54) is 19.2 Å². The lowest BCUT2D eigenvalue weighted by atomic mass is 10.2. The van der Waals surface area contributed by atoms with Gasteiger partial charge in [0.05, 0.1) is 7.11 Å². The highest BCUT2D eigenvalue weighted by Gasteiger charge is 2.30. The molecule has 1 saturated carbocycles. The highest BCUT2D eigenvalue weighted by molar-refractivity contribution is 7.89. The van der Waals surface area contributed by atoms with E-state index in [2.05, 4.69) is 10.0 Å². The molecule has 1 aliphatic carbocycles. The molecule has 1 aliphatic rings. The number of rotatable bonds is 8. The molecule has 122 valence electrons. The summed E-state index contributed by atoms with van der Waals surface area (Å²) in [5, 5.41) is 2.77. The van der Waals surface area contributed by atoms with Crippen LogP contribution >= 0.6 is 0 Å². The van der Waals surface area contributed by atoms with Crippen LogP contribution in [0.4, 0.5) is 0 Å². The van der Waals surface area contributed by atoms with Gasteiger partial charge in [-0.05, 0) is 37.5 Å². The van der Waals surface area contributed by atoms with Gasteiger partial charge < -0.3 is 10.1 Å². The lowest BCUT2D eigenvalue weighted by Gasteiger charge is -2.12. The average molecular weight is 326 g/mol. The van der Waals surface area contributed by atoms with E-state index >= 15 is 0 Å². The summed E-state index contributed by atoms with van der Waals surface area (Å²) in [5.41, 5.74) is 0.313. The van der Waals surface area contributed by atoms with Crippen molar-refractivity contribution in [2.75, 3.05) is 13.7 Å². The molecule has 0 atom stereocenters. The second-order valence-corrected chi connectivity index (χ2v) is 7.05. The van der Waals surface area contributed by atoms with Crippen LogP contribution < -0.4 is 14.8 Å². The van der Waals surface area contributed by atoms with Gasteiger partial charge in [-0.15, -0.1) is 0 Å². The number of methoxy groups -OCH3 is 1. The van der Waals surface area contributed by atoms with Gasteiger partial charge >= 0.3 is 0 Å². The maximum absolute atomic E-state index is 12.4. The normalized spacial score (nSPS) is 14.6. The molecule has 0 aromatic heterocycles. The van der Waals surface area contributed by atoms with Crippen LogP contribution in [0.5, 0.6) is 5.75 Å². The van der Waals surface area contributed by atoms with Gasteiger partial charge in [-0.25, -0.2) is 13.1 Å². The van der Waals surface area contributed by atoms with Crippen LogP contribution in [0.25, 0.3) is 0 Å². The highest BCUT2D eigenvalue weighted by atomic mass is 32.2. The topological polar surface area (TPSA) is 84.5 Å². The highest BCUT2D eigenvalue weighted by Crippen LogP contribution is 2.28. The summed E-state index contributed by atoms with van der Waals surface area (Å²) in [6, 6.07) is 4.44. The Hall–Kier alpha value is -1.60. The molecule has 1 fully saturated rings. The van der Waals surface area contributed by atoms with E-state index in [0.717, 1.165) is 25.7 Å². The monoisotopic (exact) mass is 326 g/mol. The van der Waals surface area contributed by atoms with Crippen molar-refractivity contribution < 1.29 is 17.9 Å². The number of carbonyl (C=O) groups excluding carboxylic acids is 1.